The van der Waals surface area contributed by atoms with Gasteiger partial charge in [-0.25, -0.2) is 4.79 Å². The van der Waals surface area contributed by atoms with E-state index in [1.807, 2.05) is 19.1 Å². The highest BCUT2D eigenvalue weighted by atomic mass is 16.5. The highest BCUT2D eigenvalue weighted by molar-refractivity contribution is 5.69. The average Bonchev–Trinajstić information content (AvgIpc) is 2.45. The number of carbonyl (C=O) groups excluding carboxylic acids is 1. The van der Waals surface area contributed by atoms with E-state index in [-0.39, 0.29) is 12.1 Å². The minimum Gasteiger partial charge on any atom is -0.493 e. The highest BCUT2D eigenvalue weighted by Crippen LogP contribution is 2.37. The molecule has 0 spiro atoms. The Morgan fingerprint density at radius 3 is 2.42 bits per heavy atom. The molecule has 1 heterocycles. The fraction of sp³-hybridized carbons (Fsp3) is 0.500. The van der Waals surface area contributed by atoms with Gasteiger partial charge in [0.2, 0.25) is 0 Å². The molecule has 1 aliphatic heterocycles. The van der Waals surface area contributed by atoms with Crippen molar-refractivity contribution in [2.75, 3.05) is 27.9 Å². The third kappa shape index (κ3) is 2.32. The third-order valence-corrected chi connectivity index (χ3v) is 3.59. The van der Waals surface area contributed by atoms with Crippen LogP contribution in [0, 0.1) is 0 Å². The van der Waals surface area contributed by atoms with E-state index < -0.39 is 0 Å². The summed E-state index contributed by atoms with van der Waals surface area (Å²) in [5.41, 5.74) is 2.26. The van der Waals surface area contributed by atoms with E-state index >= 15 is 0 Å². The Hall–Kier alpha value is -1.91. The van der Waals surface area contributed by atoms with Gasteiger partial charge in [0.1, 0.15) is 0 Å². The smallest absolute Gasteiger partial charge is 0.409 e. The highest BCUT2D eigenvalue weighted by Gasteiger charge is 2.29. The van der Waals surface area contributed by atoms with E-state index in [2.05, 4.69) is 0 Å². The van der Waals surface area contributed by atoms with Crippen LogP contribution in [0.25, 0.3) is 0 Å². The molecule has 0 aromatic heterocycles. The molecular formula is C14H19NO4. The normalized spacial score (nSPS) is 17.7. The van der Waals surface area contributed by atoms with Gasteiger partial charge >= 0.3 is 6.09 Å². The molecule has 0 saturated carbocycles. The zero-order chi connectivity index (χ0) is 14.0. The molecule has 1 atom stereocenters. The van der Waals surface area contributed by atoms with Crippen molar-refractivity contribution in [1.29, 1.82) is 0 Å². The maximum Gasteiger partial charge on any atom is 0.409 e. The molecule has 1 aliphatic rings. The van der Waals surface area contributed by atoms with Gasteiger partial charge in [0.05, 0.1) is 27.4 Å². The van der Waals surface area contributed by atoms with Gasteiger partial charge in [-0.1, -0.05) is 0 Å². The molecule has 1 unspecified atom stereocenters. The molecule has 104 valence electrons. The van der Waals surface area contributed by atoms with Gasteiger partial charge in [0.25, 0.3) is 0 Å². The number of carbonyl (C=O) groups is 1. The van der Waals surface area contributed by atoms with Crippen LogP contribution in [-0.4, -0.2) is 38.9 Å². The van der Waals surface area contributed by atoms with Gasteiger partial charge in [-0.3, -0.25) is 0 Å². The van der Waals surface area contributed by atoms with Crippen LogP contribution in [0.2, 0.25) is 0 Å². The lowest BCUT2D eigenvalue weighted by atomic mass is 9.93. The summed E-state index contributed by atoms with van der Waals surface area (Å²) < 4.78 is 15.4. The zero-order valence-electron chi connectivity index (χ0n) is 11.7. The lowest BCUT2D eigenvalue weighted by Crippen LogP contribution is -2.38. The number of fused-ring (bicyclic) bond motifs is 1. The van der Waals surface area contributed by atoms with E-state index in [1.54, 1.807) is 19.1 Å². The molecule has 0 fully saturated rings. The summed E-state index contributed by atoms with van der Waals surface area (Å²) in [6, 6.07) is 3.89. The largest absolute Gasteiger partial charge is 0.493 e. The standard InChI is InChI=1S/C14H19NO4/c1-9-11-8-13(18-3)12(17-2)7-10(11)5-6-15(9)14(16)19-4/h7-9H,5-6H2,1-4H3. The lowest BCUT2D eigenvalue weighted by Gasteiger charge is -2.34. The summed E-state index contributed by atoms with van der Waals surface area (Å²) in [5.74, 6) is 1.40. The Balaban J connectivity index is 2.40. The second-order valence-electron chi connectivity index (χ2n) is 4.50. The van der Waals surface area contributed by atoms with Crippen LogP contribution in [0.4, 0.5) is 4.79 Å². The van der Waals surface area contributed by atoms with Crippen molar-refractivity contribution in [2.45, 2.75) is 19.4 Å². The van der Waals surface area contributed by atoms with Crippen molar-refractivity contribution in [2.24, 2.45) is 0 Å². The third-order valence-electron chi connectivity index (χ3n) is 3.59. The molecule has 1 aromatic rings. The first-order valence-corrected chi connectivity index (χ1v) is 6.21. The second-order valence-corrected chi connectivity index (χ2v) is 4.50. The predicted octanol–water partition coefficient (Wildman–Crippen LogP) is 2.39. The van der Waals surface area contributed by atoms with Crippen LogP contribution >= 0.6 is 0 Å². The first-order valence-electron chi connectivity index (χ1n) is 6.21. The summed E-state index contributed by atoms with van der Waals surface area (Å²) in [5, 5.41) is 0. The van der Waals surface area contributed by atoms with Crippen LogP contribution in [0.1, 0.15) is 24.1 Å². The fourth-order valence-electron chi connectivity index (χ4n) is 2.51. The van der Waals surface area contributed by atoms with E-state index in [1.165, 1.54) is 12.7 Å². The van der Waals surface area contributed by atoms with Crippen molar-refractivity contribution < 1.29 is 19.0 Å². The number of hydrogen-bond acceptors (Lipinski definition) is 4. The van der Waals surface area contributed by atoms with Crippen LogP contribution in [0.15, 0.2) is 12.1 Å². The molecule has 5 nitrogen and oxygen atoms in total. The topological polar surface area (TPSA) is 48.0 Å². The number of methoxy groups -OCH3 is 3. The molecular weight excluding hydrogens is 246 g/mol. The van der Waals surface area contributed by atoms with E-state index in [0.29, 0.717) is 12.3 Å². The number of nitrogens with zero attached hydrogens (tertiary/aromatic N) is 1. The molecule has 0 bridgehead atoms. The molecule has 19 heavy (non-hydrogen) atoms. The summed E-state index contributed by atoms with van der Waals surface area (Å²) in [6.07, 6.45) is 0.489. The van der Waals surface area contributed by atoms with Crippen molar-refractivity contribution in [3.05, 3.63) is 23.3 Å². The zero-order valence-corrected chi connectivity index (χ0v) is 11.7. The van der Waals surface area contributed by atoms with Crippen LogP contribution in [0.5, 0.6) is 11.5 Å². The van der Waals surface area contributed by atoms with Crippen molar-refractivity contribution in [1.82, 2.24) is 4.90 Å². The average molecular weight is 265 g/mol. The first-order chi connectivity index (χ1) is 9.12. The minimum atomic E-state index is -0.298. The summed E-state index contributed by atoms with van der Waals surface area (Å²) in [6.45, 7) is 2.64. The Labute approximate surface area is 113 Å². The fourth-order valence-corrected chi connectivity index (χ4v) is 2.51. The molecule has 0 N–H and O–H groups in total. The van der Waals surface area contributed by atoms with Gasteiger partial charge in [0, 0.05) is 6.54 Å². The number of rotatable bonds is 2. The molecule has 0 aliphatic carbocycles. The van der Waals surface area contributed by atoms with Crippen molar-refractivity contribution in [3.8, 4) is 11.5 Å². The van der Waals surface area contributed by atoms with E-state index in [0.717, 1.165) is 17.7 Å². The Kier molecular flexibility index (Phi) is 3.83. The van der Waals surface area contributed by atoms with Gasteiger partial charge in [0.15, 0.2) is 11.5 Å². The van der Waals surface area contributed by atoms with Gasteiger partial charge < -0.3 is 19.1 Å². The van der Waals surface area contributed by atoms with Crippen LogP contribution in [-0.2, 0) is 11.2 Å². The summed E-state index contributed by atoms with van der Waals surface area (Å²) in [4.78, 5) is 13.4. The molecule has 1 amide bonds. The monoisotopic (exact) mass is 265 g/mol. The quantitative estimate of drug-likeness (QED) is 0.823. The number of benzene rings is 1. The maximum atomic E-state index is 11.7. The molecule has 5 heteroatoms. The SMILES string of the molecule is COC(=O)N1CCc2cc(OC)c(OC)cc2C1C. The van der Waals surface area contributed by atoms with Crippen molar-refractivity contribution >= 4 is 6.09 Å². The number of hydrogen-bond donors (Lipinski definition) is 0. The predicted molar refractivity (Wildman–Crippen MR) is 70.8 cm³/mol. The molecule has 0 saturated heterocycles. The molecule has 2 rings (SSSR count). The van der Waals surface area contributed by atoms with E-state index in [9.17, 15) is 4.79 Å². The van der Waals surface area contributed by atoms with Gasteiger partial charge in [-0.15, -0.1) is 0 Å². The Morgan fingerprint density at radius 1 is 1.21 bits per heavy atom. The summed E-state index contributed by atoms with van der Waals surface area (Å²) in [7, 11) is 4.63. The lowest BCUT2D eigenvalue weighted by molar-refractivity contribution is 0.105. The minimum absolute atomic E-state index is 0.0315. The van der Waals surface area contributed by atoms with Gasteiger partial charge in [-0.2, -0.15) is 0 Å². The van der Waals surface area contributed by atoms with E-state index in [4.69, 9.17) is 14.2 Å². The molecule has 0 radical (unpaired) electrons. The Morgan fingerprint density at radius 2 is 1.84 bits per heavy atom. The first kappa shape index (κ1) is 13.5. The number of ether oxygens (including phenoxy) is 3. The van der Waals surface area contributed by atoms with Crippen LogP contribution < -0.4 is 9.47 Å². The van der Waals surface area contributed by atoms with Crippen LogP contribution in [0.3, 0.4) is 0 Å². The Bertz CT molecular complexity index is 487. The van der Waals surface area contributed by atoms with Gasteiger partial charge in [-0.05, 0) is 36.6 Å². The molecule has 1 aromatic carbocycles. The maximum absolute atomic E-state index is 11.7. The number of amides is 1. The van der Waals surface area contributed by atoms with Crippen molar-refractivity contribution in [3.63, 3.8) is 0 Å². The second kappa shape index (κ2) is 5.38. The summed E-state index contributed by atoms with van der Waals surface area (Å²) >= 11 is 0.